The molecule has 1 unspecified atom stereocenters. The molecule has 3 heterocycles. The maximum Gasteiger partial charge on any atom is 0.346 e. The Kier molecular flexibility index (Phi) is 3.33. The summed E-state index contributed by atoms with van der Waals surface area (Å²) in [4.78, 5) is 23.3. The van der Waals surface area contributed by atoms with Gasteiger partial charge in [-0.05, 0) is 24.8 Å². The van der Waals surface area contributed by atoms with Crippen molar-refractivity contribution in [2.75, 3.05) is 18.0 Å². The van der Waals surface area contributed by atoms with E-state index < -0.39 is 5.97 Å². The second-order valence-corrected chi connectivity index (χ2v) is 6.25. The van der Waals surface area contributed by atoms with Gasteiger partial charge >= 0.3 is 5.97 Å². The van der Waals surface area contributed by atoms with E-state index in [1.807, 2.05) is 6.92 Å². The fourth-order valence-corrected chi connectivity index (χ4v) is 3.84. The first kappa shape index (κ1) is 13.3. The molecule has 0 amide bonds. The molecule has 0 saturated carbocycles. The summed E-state index contributed by atoms with van der Waals surface area (Å²) in [5, 5.41) is 10.2. The van der Waals surface area contributed by atoms with E-state index in [-0.39, 0.29) is 0 Å². The van der Waals surface area contributed by atoms with Gasteiger partial charge in [0.25, 0.3) is 0 Å². The molecular formula is C14H17N3O2S. The minimum Gasteiger partial charge on any atom is -0.477 e. The molecule has 1 aliphatic heterocycles. The van der Waals surface area contributed by atoms with Crippen LogP contribution in [-0.4, -0.2) is 34.1 Å². The van der Waals surface area contributed by atoms with Crippen LogP contribution in [0.15, 0.2) is 6.33 Å². The van der Waals surface area contributed by atoms with Gasteiger partial charge in [-0.3, -0.25) is 0 Å². The minimum absolute atomic E-state index is 0.369. The standard InChI is InChI=1S/C14H17N3O2S/c1-3-9-4-5-17(6-9)12-10-8(2)11(14(18)19)20-13(10)16-7-15-12/h7,9H,3-6H2,1-2H3,(H,18,19). The van der Waals surface area contributed by atoms with Gasteiger partial charge in [0.2, 0.25) is 0 Å². The molecule has 1 N–H and O–H groups in total. The molecule has 0 aromatic carbocycles. The number of aromatic nitrogens is 2. The average Bonchev–Trinajstić information content (AvgIpc) is 3.03. The zero-order valence-electron chi connectivity index (χ0n) is 11.6. The third-order valence-electron chi connectivity index (χ3n) is 4.06. The number of hydrogen-bond acceptors (Lipinski definition) is 5. The SMILES string of the molecule is CCC1CCN(c2ncnc3sc(C(=O)O)c(C)c23)C1. The van der Waals surface area contributed by atoms with Crippen LogP contribution in [-0.2, 0) is 0 Å². The van der Waals surface area contributed by atoms with E-state index in [9.17, 15) is 9.90 Å². The first-order valence-electron chi connectivity index (χ1n) is 6.84. The maximum absolute atomic E-state index is 11.3. The lowest BCUT2D eigenvalue weighted by molar-refractivity contribution is 0.0701. The van der Waals surface area contributed by atoms with E-state index in [2.05, 4.69) is 21.8 Å². The Hall–Kier alpha value is -1.69. The Morgan fingerprint density at radius 3 is 3.00 bits per heavy atom. The lowest BCUT2D eigenvalue weighted by Gasteiger charge is -2.18. The lowest BCUT2D eigenvalue weighted by Crippen LogP contribution is -2.21. The molecule has 0 aliphatic carbocycles. The Balaban J connectivity index is 2.10. The summed E-state index contributed by atoms with van der Waals surface area (Å²) in [5.41, 5.74) is 0.785. The van der Waals surface area contributed by atoms with Crippen molar-refractivity contribution < 1.29 is 9.90 Å². The summed E-state index contributed by atoms with van der Waals surface area (Å²) in [5.74, 6) is 0.717. The summed E-state index contributed by atoms with van der Waals surface area (Å²) in [6.07, 6.45) is 3.89. The number of fused-ring (bicyclic) bond motifs is 1. The molecule has 1 aliphatic rings. The van der Waals surface area contributed by atoms with Crippen molar-refractivity contribution in [1.29, 1.82) is 0 Å². The quantitative estimate of drug-likeness (QED) is 0.941. The van der Waals surface area contributed by atoms with E-state index in [4.69, 9.17) is 0 Å². The van der Waals surface area contributed by atoms with Crippen molar-refractivity contribution in [2.24, 2.45) is 5.92 Å². The topological polar surface area (TPSA) is 66.3 Å². The summed E-state index contributed by atoms with van der Waals surface area (Å²) < 4.78 is 0. The highest BCUT2D eigenvalue weighted by atomic mass is 32.1. The molecule has 0 bridgehead atoms. The number of aryl methyl sites for hydroxylation is 1. The van der Waals surface area contributed by atoms with E-state index in [0.717, 1.165) is 34.7 Å². The van der Waals surface area contributed by atoms with E-state index in [0.29, 0.717) is 10.8 Å². The number of carboxylic acids is 1. The predicted octanol–water partition coefficient (Wildman–Crippen LogP) is 2.93. The third kappa shape index (κ3) is 2.04. The second kappa shape index (κ2) is 5.01. The van der Waals surface area contributed by atoms with Crippen molar-refractivity contribution in [2.45, 2.75) is 26.7 Å². The van der Waals surface area contributed by atoms with Crippen LogP contribution >= 0.6 is 11.3 Å². The summed E-state index contributed by atoms with van der Waals surface area (Å²) >= 11 is 1.23. The third-order valence-corrected chi connectivity index (χ3v) is 5.25. The molecule has 106 valence electrons. The number of carbonyl (C=O) groups is 1. The van der Waals surface area contributed by atoms with Crippen molar-refractivity contribution in [1.82, 2.24) is 9.97 Å². The van der Waals surface area contributed by atoms with Crippen LogP contribution in [0.5, 0.6) is 0 Å². The van der Waals surface area contributed by atoms with Gasteiger partial charge in [-0.25, -0.2) is 14.8 Å². The van der Waals surface area contributed by atoms with Crippen molar-refractivity contribution in [3.05, 3.63) is 16.8 Å². The van der Waals surface area contributed by atoms with Gasteiger partial charge in [0.1, 0.15) is 21.9 Å². The maximum atomic E-state index is 11.3. The molecule has 2 aromatic rings. The zero-order chi connectivity index (χ0) is 14.3. The largest absolute Gasteiger partial charge is 0.477 e. The number of aromatic carboxylic acids is 1. The number of carboxylic acid groups (broad SMARTS) is 1. The van der Waals surface area contributed by atoms with Crippen LogP contribution in [0.1, 0.15) is 35.0 Å². The molecule has 1 atom stereocenters. The van der Waals surface area contributed by atoms with Gasteiger partial charge in [0, 0.05) is 13.1 Å². The van der Waals surface area contributed by atoms with E-state index in [1.165, 1.54) is 24.2 Å². The molecule has 1 saturated heterocycles. The lowest BCUT2D eigenvalue weighted by atomic mass is 10.1. The van der Waals surface area contributed by atoms with Crippen LogP contribution in [0.25, 0.3) is 10.2 Å². The van der Waals surface area contributed by atoms with Crippen LogP contribution in [0, 0.1) is 12.8 Å². The van der Waals surface area contributed by atoms with Crippen LogP contribution in [0.3, 0.4) is 0 Å². The van der Waals surface area contributed by atoms with Gasteiger partial charge in [0.15, 0.2) is 0 Å². The van der Waals surface area contributed by atoms with E-state index >= 15 is 0 Å². The first-order valence-corrected chi connectivity index (χ1v) is 7.65. The number of hydrogen-bond donors (Lipinski definition) is 1. The fraction of sp³-hybridized carbons (Fsp3) is 0.500. The Morgan fingerprint density at radius 2 is 2.35 bits per heavy atom. The smallest absolute Gasteiger partial charge is 0.346 e. The fourth-order valence-electron chi connectivity index (χ4n) is 2.86. The Bertz CT molecular complexity index is 668. The van der Waals surface area contributed by atoms with E-state index in [1.54, 1.807) is 6.33 Å². The molecule has 1 fully saturated rings. The average molecular weight is 291 g/mol. The Labute approximate surface area is 121 Å². The van der Waals surface area contributed by atoms with Gasteiger partial charge < -0.3 is 10.0 Å². The zero-order valence-corrected chi connectivity index (χ0v) is 12.4. The number of nitrogens with zero attached hydrogens (tertiary/aromatic N) is 3. The highest BCUT2D eigenvalue weighted by Gasteiger charge is 2.26. The summed E-state index contributed by atoms with van der Waals surface area (Å²) in [6.45, 7) is 6.05. The number of anilines is 1. The van der Waals surface area contributed by atoms with Crippen LogP contribution in [0.4, 0.5) is 5.82 Å². The summed E-state index contributed by atoms with van der Waals surface area (Å²) in [6, 6.07) is 0. The van der Waals surface area contributed by atoms with Gasteiger partial charge in [0.05, 0.1) is 5.39 Å². The molecule has 20 heavy (non-hydrogen) atoms. The second-order valence-electron chi connectivity index (χ2n) is 5.25. The van der Waals surface area contributed by atoms with Crippen molar-refractivity contribution in [3.63, 3.8) is 0 Å². The number of rotatable bonds is 3. The molecule has 6 heteroatoms. The molecule has 2 aromatic heterocycles. The first-order chi connectivity index (χ1) is 9.61. The highest BCUT2D eigenvalue weighted by Crippen LogP contribution is 2.36. The van der Waals surface area contributed by atoms with Crippen LogP contribution < -0.4 is 4.90 Å². The molecular weight excluding hydrogens is 274 g/mol. The minimum atomic E-state index is -0.885. The number of thiophene rings is 1. The van der Waals surface area contributed by atoms with Crippen molar-refractivity contribution >= 4 is 33.3 Å². The monoisotopic (exact) mass is 291 g/mol. The normalized spacial score (nSPS) is 18.9. The molecule has 3 rings (SSSR count). The van der Waals surface area contributed by atoms with Crippen molar-refractivity contribution in [3.8, 4) is 0 Å². The highest BCUT2D eigenvalue weighted by molar-refractivity contribution is 7.20. The van der Waals surface area contributed by atoms with Crippen LogP contribution in [0.2, 0.25) is 0 Å². The summed E-state index contributed by atoms with van der Waals surface area (Å²) in [7, 11) is 0. The molecule has 0 radical (unpaired) electrons. The predicted molar refractivity (Wildman–Crippen MR) is 79.7 cm³/mol. The molecule has 5 nitrogen and oxygen atoms in total. The van der Waals surface area contributed by atoms with Gasteiger partial charge in [-0.1, -0.05) is 13.3 Å². The Morgan fingerprint density at radius 1 is 1.55 bits per heavy atom. The van der Waals surface area contributed by atoms with Gasteiger partial charge in [-0.2, -0.15) is 0 Å². The molecule has 0 spiro atoms. The van der Waals surface area contributed by atoms with Gasteiger partial charge in [-0.15, -0.1) is 11.3 Å².